The lowest BCUT2D eigenvalue weighted by Gasteiger charge is -2.25. The average Bonchev–Trinajstić information content (AvgIpc) is 3.05. The maximum atomic E-state index is 13.4. The summed E-state index contributed by atoms with van der Waals surface area (Å²) >= 11 is 3.36. The van der Waals surface area contributed by atoms with Crippen molar-refractivity contribution in [3.63, 3.8) is 0 Å². The van der Waals surface area contributed by atoms with Crippen molar-refractivity contribution in [3.05, 3.63) is 52.0 Å². The number of benzene rings is 1. The third kappa shape index (κ3) is 2.60. The first-order chi connectivity index (χ1) is 10.1. The molecule has 0 saturated carbocycles. The van der Waals surface area contributed by atoms with Crippen molar-refractivity contribution in [2.45, 2.75) is 18.9 Å². The van der Waals surface area contributed by atoms with Crippen LogP contribution >= 0.6 is 15.9 Å². The largest absolute Gasteiger partial charge is 0.330 e. The highest BCUT2D eigenvalue weighted by Gasteiger charge is 2.33. The van der Waals surface area contributed by atoms with Crippen LogP contribution in [-0.4, -0.2) is 27.1 Å². The van der Waals surface area contributed by atoms with Gasteiger partial charge in [0.15, 0.2) is 0 Å². The van der Waals surface area contributed by atoms with E-state index in [1.54, 1.807) is 28.9 Å². The Kier molecular flexibility index (Phi) is 3.80. The SMILES string of the molecule is Cn1ncc(Br)c1C(=O)N1CCC[C@H]1c1cccc(F)c1. The molecule has 6 heteroatoms. The lowest BCUT2D eigenvalue weighted by Crippen LogP contribution is -2.32. The van der Waals surface area contributed by atoms with Crippen molar-refractivity contribution < 1.29 is 9.18 Å². The Hall–Kier alpha value is -1.69. The summed E-state index contributed by atoms with van der Waals surface area (Å²) in [7, 11) is 1.74. The number of aryl methyl sites for hydroxylation is 1. The molecule has 21 heavy (non-hydrogen) atoms. The van der Waals surface area contributed by atoms with Crippen LogP contribution in [0.25, 0.3) is 0 Å². The zero-order valence-corrected chi connectivity index (χ0v) is 13.2. The molecule has 3 rings (SSSR count). The Labute approximate surface area is 130 Å². The van der Waals surface area contributed by atoms with Gasteiger partial charge in [-0.25, -0.2) is 4.39 Å². The molecule has 1 fully saturated rings. The van der Waals surface area contributed by atoms with Crippen molar-refractivity contribution in [1.29, 1.82) is 0 Å². The van der Waals surface area contributed by atoms with E-state index in [1.165, 1.54) is 12.1 Å². The van der Waals surface area contributed by atoms with Crippen molar-refractivity contribution in [2.75, 3.05) is 6.54 Å². The summed E-state index contributed by atoms with van der Waals surface area (Å²) in [4.78, 5) is 14.6. The van der Waals surface area contributed by atoms with Gasteiger partial charge in [-0.2, -0.15) is 5.10 Å². The summed E-state index contributed by atoms with van der Waals surface area (Å²) < 4.78 is 15.7. The molecule has 1 atom stereocenters. The molecule has 1 aliphatic heterocycles. The molecular weight excluding hydrogens is 337 g/mol. The van der Waals surface area contributed by atoms with Crippen LogP contribution < -0.4 is 0 Å². The molecule has 1 aromatic heterocycles. The van der Waals surface area contributed by atoms with Gasteiger partial charge >= 0.3 is 0 Å². The Bertz CT molecular complexity index is 666. The van der Waals surface area contributed by atoms with Gasteiger partial charge in [-0.1, -0.05) is 12.1 Å². The van der Waals surface area contributed by atoms with E-state index in [0.29, 0.717) is 16.7 Å². The van der Waals surface area contributed by atoms with Crippen molar-refractivity contribution >= 4 is 21.8 Å². The van der Waals surface area contributed by atoms with E-state index in [4.69, 9.17) is 0 Å². The third-order valence-electron chi connectivity index (χ3n) is 3.84. The molecule has 2 heterocycles. The highest BCUT2D eigenvalue weighted by Crippen LogP contribution is 2.34. The number of nitrogens with zero attached hydrogens (tertiary/aromatic N) is 3. The summed E-state index contributed by atoms with van der Waals surface area (Å²) in [5.41, 5.74) is 1.37. The standard InChI is InChI=1S/C15H15BrFN3O/c1-19-14(12(16)9-18-19)15(21)20-7-3-6-13(20)10-4-2-5-11(17)8-10/h2,4-5,8-9,13H,3,6-7H2,1H3/t13-/m0/s1. The van der Waals surface area contributed by atoms with Gasteiger partial charge in [-0.15, -0.1) is 0 Å². The minimum absolute atomic E-state index is 0.0741. The number of amides is 1. The van der Waals surface area contributed by atoms with Crippen LogP contribution in [0.2, 0.25) is 0 Å². The molecule has 0 bridgehead atoms. The Morgan fingerprint density at radius 3 is 2.95 bits per heavy atom. The Morgan fingerprint density at radius 2 is 2.29 bits per heavy atom. The number of halogens is 2. The second-order valence-electron chi connectivity index (χ2n) is 5.18. The minimum atomic E-state index is -0.270. The maximum absolute atomic E-state index is 13.4. The molecular formula is C15H15BrFN3O. The van der Waals surface area contributed by atoms with Crippen molar-refractivity contribution in [2.24, 2.45) is 7.05 Å². The summed E-state index contributed by atoms with van der Waals surface area (Å²) in [5, 5.41) is 4.08. The highest BCUT2D eigenvalue weighted by atomic mass is 79.9. The normalized spacial score (nSPS) is 18.2. The first-order valence-electron chi connectivity index (χ1n) is 6.82. The topological polar surface area (TPSA) is 38.1 Å². The molecule has 1 amide bonds. The van der Waals surface area contributed by atoms with E-state index >= 15 is 0 Å². The number of hydrogen-bond donors (Lipinski definition) is 0. The number of rotatable bonds is 2. The van der Waals surface area contributed by atoms with Gasteiger partial charge in [0, 0.05) is 13.6 Å². The number of aromatic nitrogens is 2. The fourth-order valence-electron chi connectivity index (χ4n) is 2.86. The van der Waals surface area contributed by atoms with Crippen LogP contribution in [0.4, 0.5) is 4.39 Å². The molecule has 0 N–H and O–H groups in total. The monoisotopic (exact) mass is 351 g/mol. The van der Waals surface area contributed by atoms with E-state index in [0.717, 1.165) is 18.4 Å². The third-order valence-corrected chi connectivity index (χ3v) is 4.42. The number of carbonyl (C=O) groups is 1. The van der Waals surface area contributed by atoms with E-state index in [1.807, 2.05) is 6.07 Å². The van der Waals surface area contributed by atoms with E-state index < -0.39 is 0 Å². The molecule has 0 spiro atoms. The Balaban J connectivity index is 1.93. The molecule has 1 aliphatic rings. The highest BCUT2D eigenvalue weighted by molar-refractivity contribution is 9.10. The molecule has 1 aromatic carbocycles. The molecule has 0 unspecified atom stereocenters. The first kappa shape index (κ1) is 14.3. The van der Waals surface area contributed by atoms with Gasteiger partial charge in [0.05, 0.1) is 16.7 Å². The van der Waals surface area contributed by atoms with Gasteiger partial charge in [0.2, 0.25) is 0 Å². The van der Waals surface area contributed by atoms with Crippen LogP contribution in [0.1, 0.15) is 34.9 Å². The predicted octanol–water partition coefficient (Wildman–Crippen LogP) is 3.30. The van der Waals surface area contributed by atoms with Gasteiger partial charge in [-0.05, 0) is 46.5 Å². The second kappa shape index (κ2) is 5.60. The van der Waals surface area contributed by atoms with Gasteiger partial charge < -0.3 is 4.90 Å². The summed E-state index contributed by atoms with van der Waals surface area (Å²) in [6.07, 6.45) is 3.38. The predicted molar refractivity (Wildman–Crippen MR) is 80.3 cm³/mol. The second-order valence-corrected chi connectivity index (χ2v) is 6.03. The number of hydrogen-bond acceptors (Lipinski definition) is 2. The van der Waals surface area contributed by atoms with Crippen molar-refractivity contribution in [1.82, 2.24) is 14.7 Å². The van der Waals surface area contributed by atoms with Crippen LogP contribution in [0.15, 0.2) is 34.9 Å². The van der Waals surface area contributed by atoms with Gasteiger partial charge in [-0.3, -0.25) is 9.48 Å². The minimum Gasteiger partial charge on any atom is -0.330 e. The van der Waals surface area contributed by atoms with E-state index in [-0.39, 0.29) is 17.8 Å². The van der Waals surface area contributed by atoms with Gasteiger partial charge in [0.1, 0.15) is 11.5 Å². The Morgan fingerprint density at radius 1 is 1.48 bits per heavy atom. The quantitative estimate of drug-likeness (QED) is 0.832. The number of carbonyl (C=O) groups excluding carboxylic acids is 1. The molecule has 110 valence electrons. The molecule has 4 nitrogen and oxygen atoms in total. The zero-order valence-electron chi connectivity index (χ0n) is 11.6. The van der Waals surface area contributed by atoms with Crippen LogP contribution in [0.5, 0.6) is 0 Å². The van der Waals surface area contributed by atoms with Crippen LogP contribution in [0.3, 0.4) is 0 Å². The summed E-state index contributed by atoms with van der Waals surface area (Å²) in [6, 6.07) is 6.41. The number of likely N-dealkylation sites (tertiary alicyclic amines) is 1. The first-order valence-corrected chi connectivity index (χ1v) is 7.61. The molecule has 2 aromatic rings. The summed E-state index contributed by atoms with van der Waals surface area (Å²) in [6.45, 7) is 0.678. The van der Waals surface area contributed by atoms with Crippen molar-refractivity contribution in [3.8, 4) is 0 Å². The fourth-order valence-corrected chi connectivity index (χ4v) is 3.38. The van der Waals surface area contributed by atoms with E-state index in [9.17, 15) is 9.18 Å². The summed E-state index contributed by atoms with van der Waals surface area (Å²) in [5.74, 6) is -0.345. The zero-order chi connectivity index (χ0) is 15.0. The fraction of sp³-hybridized carbons (Fsp3) is 0.333. The lowest BCUT2D eigenvalue weighted by molar-refractivity contribution is 0.0723. The van der Waals surface area contributed by atoms with Gasteiger partial charge in [0.25, 0.3) is 5.91 Å². The molecule has 0 aliphatic carbocycles. The smallest absolute Gasteiger partial charge is 0.273 e. The van der Waals surface area contributed by atoms with Crippen LogP contribution in [-0.2, 0) is 7.05 Å². The van der Waals surface area contributed by atoms with Crippen LogP contribution in [0, 0.1) is 5.82 Å². The lowest BCUT2D eigenvalue weighted by atomic mass is 10.0. The average molecular weight is 352 g/mol. The molecule has 0 radical (unpaired) electrons. The van der Waals surface area contributed by atoms with E-state index in [2.05, 4.69) is 21.0 Å². The maximum Gasteiger partial charge on any atom is 0.273 e. The molecule has 1 saturated heterocycles.